The molecule has 0 spiro atoms. The standard InChI is InChI=1S/C16H30/c1-6-8-13-11(3)9-10-14-15(12(13)7-2)16(14,4)5/h11-15H,6-10H2,1-5H3. The average Bonchev–Trinajstić information content (AvgIpc) is 2.81. The molecule has 0 aromatic rings. The predicted octanol–water partition coefficient (Wildman–Crippen LogP) is 5.13. The van der Waals surface area contributed by atoms with Gasteiger partial charge in [0.2, 0.25) is 0 Å². The van der Waals surface area contributed by atoms with Crippen molar-refractivity contribution in [3.05, 3.63) is 0 Å². The molecule has 0 radical (unpaired) electrons. The summed E-state index contributed by atoms with van der Waals surface area (Å²) in [4.78, 5) is 0. The molecule has 16 heavy (non-hydrogen) atoms. The first kappa shape index (κ1) is 12.5. The molecule has 0 bridgehead atoms. The van der Waals surface area contributed by atoms with Crippen LogP contribution in [-0.4, -0.2) is 0 Å². The Morgan fingerprint density at radius 1 is 1.06 bits per heavy atom. The van der Waals surface area contributed by atoms with Crippen LogP contribution < -0.4 is 0 Å². The number of hydrogen-bond donors (Lipinski definition) is 0. The maximum Gasteiger partial charge on any atom is -0.0289 e. The van der Waals surface area contributed by atoms with E-state index in [-0.39, 0.29) is 0 Å². The number of rotatable bonds is 3. The van der Waals surface area contributed by atoms with Crippen LogP contribution in [0.2, 0.25) is 0 Å². The molecule has 2 rings (SSSR count). The second-order valence-electron chi connectivity index (χ2n) is 7.03. The Bertz CT molecular complexity index is 240. The van der Waals surface area contributed by atoms with Gasteiger partial charge in [-0.15, -0.1) is 0 Å². The van der Waals surface area contributed by atoms with Crippen LogP contribution in [0.3, 0.4) is 0 Å². The topological polar surface area (TPSA) is 0 Å². The highest BCUT2D eigenvalue weighted by Gasteiger charge is 2.61. The van der Waals surface area contributed by atoms with E-state index in [0.717, 1.165) is 29.6 Å². The molecule has 2 aliphatic carbocycles. The third kappa shape index (κ3) is 1.83. The lowest BCUT2D eigenvalue weighted by molar-refractivity contribution is 0.179. The van der Waals surface area contributed by atoms with E-state index in [1.807, 2.05) is 0 Å². The van der Waals surface area contributed by atoms with E-state index in [1.165, 1.54) is 32.1 Å². The van der Waals surface area contributed by atoms with Crippen LogP contribution in [0.5, 0.6) is 0 Å². The SMILES string of the molecule is CCCC1C(C)CCC2C(C1CC)C2(C)C. The predicted molar refractivity (Wildman–Crippen MR) is 71.3 cm³/mol. The molecule has 0 nitrogen and oxygen atoms in total. The summed E-state index contributed by atoms with van der Waals surface area (Å²) in [5, 5.41) is 0. The Labute approximate surface area is 102 Å². The number of hydrogen-bond acceptors (Lipinski definition) is 0. The van der Waals surface area contributed by atoms with Gasteiger partial charge in [-0.05, 0) is 41.4 Å². The monoisotopic (exact) mass is 222 g/mol. The molecule has 2 aliphatic rings. The van der Waals surface area contributed by atoms with Gasteiger partial charge in [0.25, 0.3) is 0 Å². The second kappa shape index (κ2) is 4.35. The van der Waals surface area contributed by atoms with Crippen molar-refractivity contribution in [2.75, 3.05) is 0 Å². The van der Waals surface area contributed by atoms with E-state index in [4.69, 9.17) is 0 Å². The Morgan fingerprint density at radius 2 is 1.75 bits per heavy atom. The lowest BCUT2D eigenvalue weighted by Gasteiger charge is -2.31. The summed E-state index contributed by atoms with van der Waals surface area (Å²) in [6, 6.07) is 0. The summed E-state index contributed by atoms with van der Waals surface area (Å²) in [5.41, 5.74) is 0.673. The average molecular weight is 222 g/mol. The van der Waals surface area contributed by atoms with Crippen LogP contribution in [0.4, 0.5) is 0 Å². The van der Waals surface area contributed by atoms with E-state index in [2.05, 4.69) is 34.6 Å². The first-order valence-corrected chi connectivity index (χ1v) is 7.54. The Kier molecular flexibility index (Phi) is 3.39. The molecule has 0 N–H and O–H groups in total. The van der Waals surface area contributed by atoms with Crippen molar-refractivity contribution in [1.29, 1.82) is 0 Å². The van der Waals surface area contributed by atoms with E-state index in [9.17, 15) is 0 Å². The molecule has 5 atom stereocenters. The van der Waals surface area contributed by atoms with Crippen molar-refractivity contribution in [2.45, 2.75) is 66.7 Å². The summed E-state index contributed by atoms with van der Waals surface area (Å²) in [6.45, 7) is 12.3. The zero-order valence-corrected chi connectivity index (χ0v) is 11.9. The summed E-state index contributed by atoms with van der Waals surface area (Å²) >= 11 is 0. The van der Waals surface area contributed by atoms with Crippen molar-refractivity contribution in [3.63, 3.8) is 0 Å². The summed E-state index contributed by atoms with van der Waals surface area (Å²) in [7, 11) is 0. The quantitative estimate of drug-likeness (QED) is 0.621. The molecule has 0 aromatic heterocycles. The molecular weight excluding hydrogens is 192 g/mol. The second-order valence-corrected chi connectivity index (χ2v) is 7.03. The van der Waals surface area contributed by atoms with Crippen LogP contribution in [0.25, 0.3) is 0 Å². The largest absolute Gasteiger partial charge is 0.0654 e. The molecule has 94 valence electrons. The minimum atomic E-state index is 0.673. The normalized spacial score (nSPS) is 45.9. The first-order valence-electron chi connectivity index (χ1n) is 7.54. The van der Waals surface area contributed by atoms with Gasteiger partial charge in [-0.1, -0.05) is 60.3 Å². The highest BCUT2D eigenvalue weighted by atomic mass is 14.7. The van der Waals surface area contributed by atoms with Gasteiger partial charge in [0.15, 0.2) is 0 Å². The molecular formula is C16H30. The van der Waals surface area contributed by atoms with Crippen LogP contribution in [-0.2, 0) is 0 Å². The fourth-order valence-corrected chi connectivity index (χ4v) is 4.92. The Hall–Kier alpha value is 0. The van der Waals surface area contributed by atoms with E-state index in [0.29, 0.717) is 5.41 Å². The number of fused-ring (bicyclic) bond motifs is 1. The summed E-state index contributed by atoms with van der Waals surface area (Å²) in [6.07, 6.45) is 7.27. The highest BCUT2D eigenvalue weighted by molar-refractivity contribution is 5.10. The van der Waals surface area contributed by atoms with Crippen LogP contribution in [0, 0.1) is 35.0 Å². The summed E-state index contributed by atoms with van der Waals surface area (Å²) < 4.78 is 0. The third-order valence-electron chi connectivity index (χ3n) is 5.91. The van der Waals surface area contributed by atoms with E-state index >= 15 is 0 Å². The third-order valence-corrected chi connectivity index (χ3v) is 5.91. The van der Waals surface area contributed by atoms with E-state index < -0.39 is 0 Å². The van der Waals surface area contributed by atoms with Gasteiger partial charge in [0.1, 0.15) is 0 Å². The Morgan fingerprint density at radius 3 is 2.31 bits per heavy atom. The van der Waals surface area contributed by atoms with Gasteiger partial charge in [0.05, 0.1) is 0 Å². The van der Waals surface area contributed by atoms with Crippen LogP contribution in [0.15, 0.2) is 0 Å². The van der Waals surface area contributed by atoms with Crippen molar-refractivity contribution in [3.8, 4) is 0 Å². The van der Waals surface area contributed by atoms with Gasteiger partial charge in [0, 0.05) is 0 Å². The Balaban J connectivity index is 2.16. The smallest absolute Gasteiger partial charge is 0.0289 e. The van der Waals surface area contributed by atoms with Gasteiger partial charge in [-0.3, -0.25) is 0 Å². The molecule has 0 amide bonds. The van der Waals surface area contributed by atoms with Crippen molar-refractivity contribution >= 4 is 0 Å². The lowest BCUT2D eigenvalue weighted by atomic mass is 9.74. The highest BCUT2D eigenvalue weighted by Crippen LogP contribution is 2.68. The van der Waals surface area contributed by atoms with Gasteiger partial charge < -0.3 is 0 Å². The molecule has 2 fully saturated rings. The fraction of sp³-hybridized carbons (Fsp3) is 1.00. The van der Waals surface area contributed by atoms with Gasteiger partial charge in [-0.2, -0.15) is 0 Å². The van der Waals surface area contributed by atoms with Crippen LogP contribution >= 0.6 is 0 Å². The maximum absolute atomic E-state index is 2.52. The molecule has 0 heterocycles. The molecule has 5 unspecified atom stereocenters. The minimum absolute atomic E-state index is 0.673. The fourth-order valence-electron chi connectivity index (χ4n) is 4.92. The minimum Gasteiger partial charge on any atom is -0.0654 e. The van der Waals surface area contributed by atoms with E-state index in [1.54, 1.807) is 0 Å². The zero-order chi connectivity index (χ0) is 11.9. The zero-order valence-electron chi connectivity index (χ0n) is 11.9. The van der Waals surface area contributed by atoms with Crippen LogP contribution in [0.1, 0.15) is 66.7 Å². The van der Waals surface area contributed by atoms with Gasteiger partial charge in [-0.25, -0.2) is 0 Å². The molecule has 0 aromatic carbocycles. The molecule has 0 saturated heterocycles. The lowest BCUT2D eigenvalue weighted by Crippen LogP contribution is -2.24. The van der Waals surface area contributed by atoms with Gasteiger partial charge >= 0.3 is 0 Å². The van der Waals surface area contributed by atoms with Crippen molar-refractivity contribution in [2.24, 2.45) is 35.0 Å². The maximum atomic E-state index is 2.52. The van der Waals surface area contributed by atoms with Crippen molar-refractivity contribution < 1.29 is 0 Å². The first-order chi connectivity index (χ1) is 7.54. The van der Waals surface area contributed by atoms with Crippen molar-refractivity contribution in [1.82, 2.24) is 0 Å². The molecule has 2 saturated carbocycles. The molecule has 0 heteroatoms. The molecule has 0 aliphatic heterocycles. The summed E-state index contributed by atoms with van der Waals surface area (Å²) in [5.74, 6) is 5.14.